The third-order valence-electron chi connectivity index (χ3n) is 4.10. The van der Waals surface area contributed by atoms with Crippen molar-refractivity contribution in [3.63, 3.8) is 0 Å². The summed E-state index contributed by atoms with van der Waals surface area (Å²) < 4.78 is 0. The minimum atomic E-state index is -0.0934. The van der Waals surface area contributed by atoms with Gasteiger partial charge in [-0.15, -0.1) is 0 Å². The molecule has 3 heteroatoms. The minimum absolute atomic E-state index is 0.0934. The van der Waals surface area contributed by atoms with Gasteiger partial charge in [0.2, 0.25) is 0 Å². The van der Waals surface area contributed by atoms with Gasteiger partial charge in [-0.05, 0) is 58.2 Å². The van der Waals surface area contributed by atoms with Crippen molar-refractivity contribution in [2.45, 2.75) is 50.7 Å². The molecular weight excluding hydrogens is 200 g/mol. The zero-order valence-electron chi connectivity index (χ0n) is 10.5. The van der Waals surface area contributed by atoms with E-state index >= 15 is 0 Å². The molecular formula is C13H26N2O. The molecule has 2 fully saturated rings. The van der Waals surface area contributed by atoms with Gasteiger partial charge >= 0.3 is 0 Å². The van der Waals surface area contributed by atoms with Gasteiger partial charge in [0.1, 0.15) is 0 Å². The van der Waals surface area contributed by atoms with Gasteiger partial charge in [0.05, 0.1) is 6.10 Å². The molecule has 0 aromatic carbocycles. The van der Waals surface area contributed by atoms with E-state index < -0.39 is 0 Å². The molecule has 2 aliphatic rings. The second kappa shape index (κ2) is 5.99. The average molecular weight is 226 g/mol. The van der Waals surface area contributed by atoms with E-state index in [9.17, 15) is 5.11 Å². The Bertz CT molecular complexity index is 206. The van der Waals surface area contributed by atoms with Crippen LogP contribution in [-0.4, -0.2) is 48.8 Å². The van der Waals surface area contributed by atoms with Gasteiger partial charge in [0.25, 0.3) is 0 Å². The van der Waals surface area contributed by atoms with Crippen LogP contribution in [0.3, 0.4) is 0 Å². The number of piperidine rings is 1. The molecule has 16 heavy (non-hydrogen) atoms. The Morgan fingerprint density at radius 2 is 2.12 bits per heavy atom. The van der Waals surface area contributed by atoms with Gasteiger partial charge < -0.3 is 15.3 Å². The van der Waals surface area contributed by atoms with E-state index in [2.05, 4.69) is 17.3 Å². The Kier molecular flexibility index (Phi) is 4.62. The largest absolute Gasteiger partial charge is 0.392 e. The maximum absolute atomic E-state index is 9.70. The van der Waals surface area contributed by atoms with Crippen LogP contribution in [0.1, 0.15) is 38.5 Å². The zero-order chi connectivity index (χ0) is 11.4. The SMILES string of the molecule is CN1CCCCC1CCNCC(O)C1CC1. The lowest BCUT2D eigenvalue weighted by Gasteiger charge is -2.32. The smallest absolute Gasteiger partial charge is 0.0692 e. The maximum atomic E-state index is 9.70. The number of rotatable bonds is 6. The average Bonchev–Trinajstić information content (AvgIpc) is 3.10. The molecule has 94 valence electrons. The van der Waals surface area contributed by atoms with E-state index in [0.717, 1.165) is 19.1 Å². The number of nitrogens with one attached hydrogen (secondary N) is 1. The van der Waals surface area contributed by atoms with Crippen LogP contribution in [0.2, 0.25) is 0 Å². The highest BCUT2D eigenvalue weighted by molar-refractivity contribution is 4.82. The number of nitrogens with zero attached hydrogens (tertiary/aromatic N) is 1. The maximum Gasteiger partial charge on any atom is 0.0692 e. The molecule has 0 spiro atoms. The Hall–Kier alpha value is -0.120. The first kappa shape index (κ1) is 12.3. The summed E-state index contributed by atoms with van der Waals surface area (Å²) in [4.78, 5) is 2.49. The number of aliphatic hydroxyl groups is 1. The number of hydrogen-bond acceptors (Lipinski definition) is 3. The van der Waals surface area contributed by atoms with Crippen molar-refractivity contribution < 1.29 is 5.11 Å². The summed E-state index contributed by atoms with van der Waals surface area (Å²) in [7, 11) is 2.24. The molecule has 0 bridgehead atoms. The summed E-state index contributed by atoms with van der Waals surface area (Å²) in [6, 6.07) is 0.763. The lowest BCUT2D eigenvalue weighted by Crippen LogP contribution is -2.39. The van der Waals surface area contributed by atoms with Crippen molar-refractivity contribution in [1.82, 2.24) is 10.2 Å². The molecule has 0 amide bonds. The first-order chi connectivity index (χ1) is 7.77. The summed E-state index contributed by atoms with van der Waals surface area (Å²) in [5.41, 5.74) is 0. The third kappa shape index (κ3) is 3.72. The van der Waals surface area contributed by atoms with E-state index in [1.165, 1.54) is 45.1 Å². The van der Waals surface area contributed by atoms with Gasteiger partial charge in [0, 0.05) is 12.6 Å². The summed E-state index contributed by atoms with van der Waals surface area (Å²) in [5, 5.41) is 13.1. The molecule has 2 N–H and O–H groups in total. The summed E-state index contributed by atoms with van der Waals surface area (Å²) in [6.07, 6.45) is 7.70. The Labute approximate surface area is 99.2 Å². The van der Waals surface area contributed by atoms with E-state index in [0.29, 0.717) is 5.92 Å². The number of hydrogen-bond donors (Lipinski definition) is 2. The predicted molar refractivity (Wildman–Crippen MR) is 66.5 cm³/mol. The van der Waals surface area contributed by atoms with Crippen LogP contribution in [0.15, 0.2) is 0 Å². The van der Waals surface area contributed by atoms with E-state index in [1.807, 2.05) is 0 Å². The third-order valence-corrected chi connectivity index (χ3v) is 4.10. The van der Waals surface area contributed by atoms with E-state index in [1.54, 1.807) is 0 Å². The predicted octanol–water partition coefficient (Wildman–Crippen LogP) is 1.22. The molecule has 2 rings (SSSR count). The van der Waals surface area contributed by atoms with Gasteiger partial charge in [-0.2, -0.15) is 0 Å². The lowest BCUT2D eigenvalue weighted by molar-refractivity contribution is 0.143. The van der Waals surface area contributed by atoms with Gasteiger partial charge in [-0.3, -0.25) is 0 Å². The molecule has 0 aromatic rings. The van der Waals surface area contributed by atoms with Crippen molar-refractivity contribution in [2.75, 3.05) is 26.7 Å². The second-order valence-corrected chi connectivity index (χ2v) is 5.53. The van der Waals surface area contributed by atoms with Crippen LogP contribution in [0, 0.1) is 5.92 Å². The first-order valence-corrected chi connectivity index (χ1v) is 6.86. The molecule has 2 atom stereocenters. The highest BCUT2D eigenvalue weighted by Crippen LogP contribution is 2.32. The van der Waals surface area contributed by atoms with Crippen LogP contribution >= 0.6 is 0 Å². The van der Waals surface area contributed by atoms with E-state index in [-0.39, 0.29) is 6.10 Å². The topological polar surface area (TPSA) is 35.5 Å². The monoisotopic (exact) mass is 226 g/mol. The summed E-state index contributed by atoms with van der Waals surface area (Å²) >= 11 is 0. The Morgan fingerprint density at radius 1 is 1.31 bits per heavy atom. The Balaban J connectivity index is 1.52. The first-order valence-electron chi connectivity index (χ1n) is 6.86. The fourth-order valence-corrected chi connectivity index (χ4v) is 2.68. The molecule has 2 unspecified atom stereocenters. The van der Waals surface area contributed by atoms with Crippen molar-refractivity contribution in [3.8, 4) is 0 Å². The molecule has 3 nitrogen and oxygen atoms in total. The molecule has 1 saturated heterocycles. The summed E-state index contributed by atoms with van der Waals surface area (Å²) in [5.74, 6) is 0.602. The lowest BCUT2D eigenvalue weighted by atomic mass is 10.0. The highest BCUT2D eigenvalue weighted by Gasteiger charge is 2.29. The van der Waals surface area contributed by atoms with Crippen LogP contribution in [0.4, 0.5) is 0 Å². The molecule has 1 heterocycles. The standard InChI is InChI=1S/C13H26N2O/c1-15-9-3-2-4-12(15)7-8-14-10-13(16)11-5-6-11/h11-14,16H,2-10H2,1H3. The van der Waals surface area contributed by atoms with Crippen molar-refractivity contribution in [1.29, 1.82) is 0 Å². The molecule has 1 aliphatic carbocycles. The summed E-state index contributed by atoms with van der Waals surface area (Å²) in [6.45, 7) is 3.11. The van der Waals surface area contributed by atoms with Crippen LogP contribution in [0.5, 0.6) is 0 Å². The number of aliphatic hydroxyl groups excluding tert-OH is 1. The number of likely N-dealkylation sites (tertiary alicyclic amines) is 1. The van der Waals surface area contributed by atoms with Crippen LogP contribution in [0.25, 0.3) is 0 Å². The molecule has 0 aromatic heterocycles. The van der Waals surface area contributed by atoms with Gasteiger partial charge in [0.15, 0.2) is 0 Å². The molecule has 1 aliphatic heterocycles. The molecule has 1 saturated carbocycles. The highest BCUT2D eigenvalue weighted by atomic mass is 16.3. The second-order valence-electron chi connectivity index (χ2n) is 5.53. The molecule has 0 radical (unpaired) electrons. The van der Waals surface area contributed by atoms with Crippen LogP contribution in [-0.2, 0) is 0 Å². The van der Waals surface area contributed by atoms with Crippen molar-refractivity contribution in [2.24, 2.45) is 5.92 Å². The normalized spacial score (nSPS) is 29.2. The minimum Gasteiger partial charge on any atom is -0.392 e. The quantitative estimate of drug-likeness (QED) is 0.669. The Morgan fingerprint density at radius 3 is 2.81 bits per heavy atom. The van der Waals surface area contributed by atoms with E-state index in [4.69, 9.17) is 0 Å². The zero-order valence-corrected chi connectivity index (χ0v) is 10.5. The fraction of sp³-hybridized carbons (Fsp3) is 1.00. The van der Waals surface area contributed by atoms with Gasteiger partial charge in [-0.25, -0.2) is 0 Å². The van der Waals surface area contributed by atoms with Crippen molar-refractivity contribution in [3.05, 3.63) is 0 Å². The fourth-order valence-electron chi connectivity index (χ4n) is 2.68. The van der Waals surface area contributed by atoms with Crippen molar-refractivity contribution >= 4 is 0 Å². The van der Waals surface area contributed by atoms with Crippen LogP contribution < -0.4 is 5.32 Å². The van der Waals surface area contributed by atoms with Gasteiger partial charge in [-0.1, -0.05) is 6.42 Å².